The van der Waals surface area contributed by atoms with Crippen LogP contribution in [0.25, 0.3) is 0 Å². The summed E-state index contributed by atoms with van der Waals surface area (Å²) in [6, 6.07) is 0. The number of hydrogen-bond acceptors (Lipinski definition) is 1. The van der Waals surface area contributed by atoms with Gasteiger partial charge in [0.25, 0.3) is 0 Å². The van der Waals surface area contributed by atoms with E-state index in [1.54, 1.807) is 0 Å². The molecule has 0 radical (unpaired) electrons. The molecular formula is C8H16OSn. The Morgan fingerprint density at radius 1 is 1.50 bits per heavy atom. The van der Waals surface area contributed by atoms with Crippen molar-refractivity contribution < 1.29 is 4.79 Å². The zero-order valence-electron chi connectivity index (χ0n) is 7.11. The van der Waals surface area contributed by atoms with Crippen LogP contribution in [-0.2, 0) is 4.79 Å². The topological polar surface area (TPSA) is 17.1 Å². The van der Waals surface area contributed by atoms with E-state index in [0.29, 0.717) is 6.42 Å². The number of allylic oxidation sites excluding steroid dienone is 1. The van der Waals surface area contributed by atoms with Crippen LogP contribution in [0.15, 0.2) is 10.2 Å². The Morgan fingerprint density at radius 3 is 2.30 bits per heavy atom. The predicted octanol–water partition coefficient (Wildman–Crippen LogP) is 2.40. The van der Waals surface area contributed by atoms with Gasteiger partial charge in [-0.1, -0.05) is 0 Å². The summed E-state index contributed by atoms with van der Waals surface area (Å²) in [5, 5.41) is 0. The summed E-state index contributed by atoms with van der Waals surface area (Å²) in [6.45, 7) is 4.00. The molecule has 58 valence electrons. The van der Waals surface area contributed by atoms with Gasteiger partial charge in [-0.15, -0.1) is 0 Å². The Morgan fingerprint density at radius 2 is 2.00 bits per heavy atom. The SMILES string of the molecule is C=[C](CCC=O)[Sn]([CH3])([CH3])[CH3]. The van der Waals surface area contributed by atoms with E-state index in [2.05, 4.69) is 21.4 Å². The molecule has 0 aliphatic rings. The average molecular weight is 247 g/mol. The van der Waals surface area contributed by atoms with Gasteiger partial charge in [0, 0.05) is 0 Å². The number of aldehydes is 1. The van der Waals surface area contributed by atoms with E-state index in [1.807, 2.05) is 0 Å². The standard InChI is InChI=1S/C5H7O.3CH3.Sn/c1-2-3-4-5-6;;;;/h5H,1,3-4H2;3*1H3;. The molecule has 1 nitrogen and oxygen atoms in total. The zero-order valence-corrected chi connectivity index (χ0v) is 9.96. The van der Waals surface area contributed by atoms with Crippen molar-refractivity contribution in [1.29, 1.82) is 0 Å². The summed E-state index contributed by atoms with van der Waals surface area (Å²) in [7, 11) is 0. The number of carbonyl (C=O) groups is 1. The van der Waals surface area contributed by atoms with Crippen molar-refractivity contribution in [2.75, 3.05) is 0 Å². The van der Waals surface area contributed by atoms with Crippen molar-refractivity contribution in [3.05, 3.63) is 10.2 Å². The predicted molar refractivity (Wildman–Crippen MR) is 47.8 cm³/mol. The second-order valence-corrected chi connectivity index (χ2v) is 18.4. The average Bonchev–Trinajstić information content (AvgIpc) is 1.80. The van der Waals surface area contributed by atoms with Crippen LogP contribution in [0, 0.1) is 0 Å². The van der Waals surface area contributed by atoms with Gasteiger partial charge in [-0.3, -0.25) is 0 Å². The molecule has 0 saturated carbocycles. The molecule has 0 fully saturated rings. The van der Waals surface area contributed by atoms with Crippen LogP contribution in [-0.4, -0.2) is 24.7 Å². The molecule has 0 heterocycles. The molecule has 0 rings (SSSR count). The fraction of sp³-hybridized carbons (Fsp3) is 0.625. The second-order valence-electron chi connectivity index (χ2n) is 3.56. The fourth-order valence-electron chi connectivity index (χ4n) is 0.608. The maximum atomic E-state index is 10.0. The Labute approximate surface area is 67.4 Å². The van der Waals surface area contributed by atoms with Crippen LogP contribution in [0.3, 0.4) is 0 Å². The monoisotopic (exact) mass is 248 g/mol. The minimum absolute atomic E-state index is 0.660. The van der Waals surface area contributed by atoms with E-state index in [4.69, 9.17) is 0 Å². The van der Waals surface area contributed by atoms with Gasteiger partial charge in [-0.2, -0.15) is 0 Å². The number of rotatable bonds is 4. The molecule has 0 N–H and O–H groups in total. The molecule has 0 amide bonds. The van der Waals surface area contributed by atoms with E-state index < -0.39 is 18.4 Å². The molecule has 0 saturated heterocycles. The Bertz CT molecular complexity index is 133. The van der Waals surface area contributed by atoms with Crippen LogP contribution in [0.4, 0.5) is 0 Å². The first-order valence-corrected chi connectivity index (χ1v) is 13.6. The van der Waals surface area contributed by atoms with E-state index in [1.165, 1.54) is 3.59 Å². The van der Waals surface area contributed by atoms with Gasteiger partial charge in [0.05, 0.1) is 0 Å². The van der Waals surface area contributed by atoms with Gasteiger partial charge in [0.1, 0.15) is 0 Å². The molecule has 0 aliphatic carbocycles. The molecular weight excluding hydrogens is 231 g/mol. The van der Waals surface area contributed by atoms with Crippen molar-refractivity contribution in [2.45, 2.75) is 27.7 Å². The number of carbonyl (C=O) groups excluding carboxylic acids is 1. The van der Waals surface area contributed by atoms with Gasteiger partial charge in [-0.25, -0.2) is 0 Å². The van der Waals surface area contributed by atoms with Gasteiger partial charge in [-0.05, 0) is 0 Å². The van der Waals surface area contributed by atoms with E-state index in [-0.39, 0.29) is 0 Å². The van der Waals surface area contributed by atoms with Crippen molar-refractivity contribution in [1.82, 2.24) is 0 Å². The van der Waals surface area contributed by atoms with Crippen LogP contribution in [0.2, 0.25) is 14.8 Å². The molecule has 0 aromatic carbocycles. The van der Waals surface area contributed by atoms with E-state index in [0.717, 1.165) is 12.7 Å². The molecule has 0 spiro atoms. The first kappa shape index (κ1) is 10.2. The molecule has 0 unspecified atom stereocenters. The first-order valence-electron chi connectivity index (χ1n) is 3.60. The Hall–Kier alpha value is 0.209. The van der Waals surface area contributed by atoms with Crippen LogP contribution < -0.4 is 0 Å². The summed E-state index contributed by atoms with van der Waals surface area (Å²) in [4.78, 5) is 17.0. The minimum atomic E-state index is -1.82. The number of hydrogen-bond donors (Lipinski definition) is 0. The molecule has 0 bridgehead atoms. The van der Waals surface area contributed by atoms with Crippen molar-refractivity contribution in [3.8, 4) is 0 Å². The third-order valence-corrected chi connectivity index (χ3v) is 8.39. The van der Waals surface area contributed by atoms with Gasteiger partial charge in [0.15, 0.2) is 0 Å². The normalized spacial score (nSPS) is 11.1. The molecule has 2 heteroatoms. The quantitative estimate of drug-likeness (QED) is 0.550. The summed E-state index contributed by atoms with van der Waals surface area (Å²) >= 11 is -1.82. The molecule has 0 aromatic rings. The molecule has 10 heavy (non-hydrogen) atoms. The Balaban J connectivity index is 3.74. The third kappa shape index (κ3) is 4.09. The second kappa shape index (κ2) is 4.16. The van der Waals surface area contributed by atoms with E-state index >= 15 is 0 Å². The van der Waals surface area contributed by atoms with Crippen LogP contribution >= 0.6 is 0 Å². The van der Waals surface area contributed by atoms with Gasteiger partial charge >= 0.3 is 67.3 Å². The summed E-state index contributed by atoms with van der Waals surface area (Å²) < 4.78 is 1.36. The summed E-state index contributed by atoms with van der Waals surface area (Å²) in [5.74, 6) is 0. The van der Waals surface area contributed by atoms with Crippen molar-refractivity contribution >= 4 is 24.7 Å². The van der Waals surface area contributed by atoms with Gasteiger partial charge in [0.2, 0.25) is 0 Å². The third-order valence-electron chi connectivity index (χ3n) is 1.62. The van der Waals surface area contributed by atoms with Crippen LogP contribution in [0.5, 0.6) is 0 Å². The Kier molecular flexibility index (Phi) is 4.25. The maximum absolute atomic E-state index is 10.0. The van der Waals surface area contributed by atoms with Crippen LogP contribution in [0.1, 0.15) is 12.8 Å². The first-order chi connectivity index (χ1) is 4.48. The molecule has 0 aromatic heterocycles. The molecule has 0 atom stereocenters. The summed E-state index contributed by atoms with van der Waals surface area (Å²) in [5.41, 5.74) is 0. The van der Waals surface area contributed by atoms with Crippen molar-refractivity contribution in [2.24, 2.45) is 0 Å². The zero-order chi connectivity index (χ0) is 8.20. The fourth-order valence-corrected chi connectivity index (χ4v) is 3.16. The van der Waals surface area contributed by atoms with Gasteiger partial charge < -0.3 is 0 Å². The molecule has 0 aliphatic heterocycles. The van der Waals surface area contributed by atoms with E-state index in [9.17, 15) is 4.79 Å². The van der Waals surface area contributed by atoms with Crippen molar-refractivity contribution in [3.63, 3.8) is 0 Å². The summed E-state index contributed by atoms with van der Waals surface area (Å²) in [6.07, 6.45) is 2.55.